The third-order valence-electron chi connectivity index (χ3n) is 3.04. The third-order valence-corrected chi connectivity index (χ3v) is 4.02. The standard InChI is InChI=1S/C18H26N2O5S/c1-6-24-16(22)14(11-26-12(2)21)9-13-7-8-15(19-10-13)20-17(23)25-18(3,4)5/h7-8,10,14H,6,9,11H2,1-5H3,(H,19,20,23). The van der Waals surface area contributed by atoms with Gasteiger partial charge in [0.15, 0.2) is 5.12 Å². The van der Waals surface area contributed by atoms with Crippen LogP contribution in [0.3, 0.4) is 0 Å². The van der Waals surface area contributed by atoms with Gasteiger partial charge in [-0.15, -0.1) is 0 Å². The van der Waals surface area contributed by atoms with Crippen molar-refractivity contribution in [2.75, 3.05) is 17.7 Å². The Morgan fingerprint density at radius 2 is 1.96 bits per heavy atom. The largest absolute Gasteiger partial charge is 0.466 e. The van der Waals surface area contributed by atoms with Crippen molar-refractivity contribution in [1.29, 1.82) is 0 Å². The van der Waals surface area contributed by atoms with Gasteiger partial charge >= 0.3 is 12.1 Å². The van der Waals surface area contributed by atoms with E-state index in [9.17, 15) is 14.4 Å². The molecule has 1 amide bonds. The van der Waals surface area contributed by atoms with Gasteiger partial charge in [-0.05, 0) is 45.7 Å². The molecule has 1 rings (SSSR count). The van der Waals surface area contributed by atoms with E-state index in [0.717, 1.165) is 17.3 Å². The van der Waals surface area contributed by atoms with Gasteiger partial charge in [-0.1, -0.05) is 17.8 Å². The minimum atomic E-state index is -0.592. The number of hydrogen-bond acceptors (Lipinski definition) is 7. The van der Waals surface area contributed by atoms with Crippen LogP contribution >= 0.6 is 11.8 Å². The summed E-state index contributed by atoms with van der Waals surface area (Å²) in [5.74, 6) is -0.0622. The Hall–Kier alpha value is -2.09. The van der Waals surface area contributed by atoms with E-state index in [1.165, 1.54) is 6.92 Å². The number of carbonyl (C=O) groups is 3. The average Bonchev–Trinajstić information content (AvgIpc) is 2.51. The van der Waals surface area contributed by atoms with Crippen molar-refractivity contribution in [2.45, 2.75) is 46.6 Å². The van der Waals surface area contributed by atoms with Gasteiger partial charge in [0.05, 0.1) is 12.5 Å². The highest BCUT2D eigenvalue weighted by Gasteiger charge is 2.22. The molecule has 0 fully saturated rings. The van der Waals surface area contributed by atoms with Gasteiger partial charge in [0.1, 0.15) is 11.4 Å². The Labute approximate surface area is 158 Å². The number of thioether (sulfide) groups is 1. The van der Waals surface area contributed by atoms with E-state index in [1.54, 1.807) is 46.0 Å². The van der Waals surface area contributed by atoms with Crippen LogP contribution in [0, 0.1) is 5.92 Å². The molecule has 0 saturated heterocycles. The van der Waals surface area contributed by atoms with E-state index in [0.29, 0.717) is 18.0 Å². The summed E-state index contributed by atoms with van der Waals surface area (Å²) in [7, 11) is 0. The molecule has 7 nitrogen and oxygen atoms in total. The molecule has 0 aliphatic heterocycles. The Balaban J connectivity index is 2.70. The summed E-state index contributed by atoms with van der Waals surface area (Å²) in [6.45, 7) is 8.82. The van der Waals surface area contributed by atoms with Crippen LogP contribution in [0.5, 0.6) is 0 Å². The van der Waals surface area contributed by atoms with E-state index < -0.39 is 17.6 Å². The molecule has 1 N–H and O–H groups in total. The molecule has 0 aliphatic rings. The lowest BCUT2D eigenvalue weighted by Gasteiger charge is -2.19. The van der Waals surface area contributed by atoms with Crippen LogP contribution < -0.4 is 5.32 Å². The predicted molar refractivity (Wildman–Crippen MR) is 101 cm³/mol. The molecule has 0 aromatic carbocycles. The molecule has 1 atom stereocenters. The van der Waals surface area contributed by atoms with Gasteiger partial charge in [0.25, 0.3) is 0 Å². The molecule has 0 radical (unpaired) electrons. The molecule has 0 saturated carbocycles. The normalized spacial score (nSPS) is 12.2. The maximum atomic E-state index is 12.1. The van der Waals surface area contributed by atoms with E-state index in [2.05, 4.69) is 10.3 Å². The van der Waals surface area contributed by atoms with Crippen molar-refractivity contribution < 1.29 is 23.9 Å². The SMILES string of the molecule is CCOC(=O)C(CSC(C)=O)Cc1ccc(NC(=O)OC(C)(C)C)nc1. The predicted octanol–water partition coefficient (Wildman–Crippen LogP) is 3.43. The lowest BCUT2D eigenvalue weighted by atomic mass is 10.0. The van der Waals surface area contributed by atoms with E-state index in [4.69, 9.17) is 9.47 Å². The highest BCUT2D eigenvalue weighted by molar-refractivity contribution is 8.13. The first-order valence-corrected chi connectivity index (χ1v) is 9.34. The number of hydrogen-bond donors (Lipinski definition) is 1. The number of rotatable bonds is 7. The summed E-state index contributed by atoms with van der Waals surface area (Å²) in [6.07, 6.45) is 1.40. The second kappa shape index (κ2) is 10.2. The van der Waals surface area contributed by atoms with Gasteiger partial charge < -0.3 is 9.47 Å². The molecule has 0 aliphatic carbocycles. The quantitative estimate of drug-likeness (QED) is 0.722. The fourth-order valence-electron chi connectivity index (χ4n) is 2.00. The first kappa shape index (κ1) is 22.0. The zero-order valence-corrected chi connectivity index (χ0v) is 16.6. The Morgan fingerprint density at radius 1 is 1.27 bits per heavy atom. The number of amides is 1. The summed E-state index contributed by atoms with van der Waals surface area (Å²) >= 11 is 1.10. The molecule has 1 aromatic heterocycles. The van der Waals surface area contributed by atoms with E-state index in [1.807, 2.05) is 0 Å². The molecule has 1 heterocycles. The van der Waals surface area contributed by atoms with Gasteiger partial charge in [0, 0.05) is 18.9 Å². The number of nitrogens with zero attached hydrogens (tertiary/aromatic N) is 1. The molecule has 0 spiro atoms. The molecule has 0 bridgehead atoms. The highest BCUT2D eigenvalue weighted by atomic mass is 32.2. The molecular formula is C18H26N2O5S. The minimum Gasteiger partial charge on any atom is -0.466 e. The van der Waals surface area contributed by atoms with Crippen molar-refractivity contribution in [3.8, 4) is 0 Å². The molecule has 8 heteroatoms. The zero-order valence-electron chi connectivity index (χ0n) is 15.8. The van der Waals surface area contributed by atoms with Gasteiger partial charge in [-0.25, -0.2) is 9.78 Å². The fourth-order valence-corrected chi connectivity index (χ4v) is 2.69. The summed E-state index contributed by atoms with van der Waals surface area (Å²) in [6, 6.07) is 3.41. The van der Waals surface area contributed by atoms with Crippen molar-refractivity contribution >= 4 is 34.8 Å². The van der Waals surface area contributed by atoms with E-state index in [-0.39, 0.29) is 17.7 Å². The maximum absolute atomic E-state index is 12.1. The number of esters is 1. The lowest BCUT2D eigenvalue weighted by Crippen LogP contribution is -2.27. The lowest BCUT2D eigenvalue weighted by molar-refractivity contribution is -0.147. The number of pyridine rings is 1. The monoisotopic (exact) mass is 382 g/mol. The van der Waals surface area contributed by atoms with Crippen molar-refractivity contribution in [3.63, 3.8) is 0 Å². The van der Waals surface area contributed by atoms with E-state index >= 15 is 0 Å². The molecule has 144 valence electrons. The van der Waals surface area contributed by atoms with Crippen molar-refractivity contribution in [1.82, 2.24) is 4.98 Å². The van der Waals surface area contributed by atoms with Gasteiger partial charge in [0.2, 0.25) is 0 Å². The number of aromatic nitrogens is 1. The van der Waals surface area contributed by atoms with Crippen LogP contribution in [-0.4, -0.2) is 40.1 Å². The van der Waals surface area contributed by atoms with Crippen molar-refractivity contribution in [2.24, 2.45) is 5.92 Å². The number of anilines is 1. The van der Waals surface area contributed by atoms with Crippen LogP contribution in [0.2, 0.25) is 0 Å². The minimum absolute atomic E-state index is 0.0469. The second-order valence-electron chi connectivity index (χ2n) is 6.63. The Morgan fingerprint density at radius 3 is 2.46 bits per heavy atom. The number of carbonyl (C=O) groups excluding carboxylic acids is 3. The van der Waals surface area contributed by atoms with Crippen LogP contribution in [0.15, 0.2) is 18.3 Å². The molecule has 1 unspecified atom stereocenters. The summed E-state index contributed by atoms with van der Waals surface area (Å²) in [5.41, 5.74) is 0.215. The number of nitrogens with one attached hydrogen (secondary N) is 1. The average molecular weight is 382 g/mol. The summed E-state index contributed by atoms with van der Waals surface area (Å²) in [5, 5.41) is 2.50. The smallest absolute Gasteiger partial charge is 0.413 e. The number of ether oxygens (including phenoxy) is 2. The fraction of sp³-hybridized carbons (Fsp3) is 0.556. The highest BCUT2D eigenvalue weighted by Crippen LogP contribution is 2.18. The molecule has 1 aromatic rings. The second-order valence-corrected chi connectivity index (χ2v) is 7.83. The summed E-state index contributed by atoms with van der Waals surface area (Å²) < 4.78 is 10.2. The topological polar surface area (TPSA) is 94.6 Å². The third kappa shape index (κ3) is 8.84. The first-order chi connectivity index (χ1) is 12.1. The van der Waals surface area contributed by atoms with Crippen LogP contribution in [0.1, 0.15) is 40.2 Å². The summed E-state index contributed by atoms with van der Waals surface area (Å²) in [4.78, 5) is 39.1. The molecular weight excluding hydrogens is 356 g/mol. The Kier molecular flexibility index (Phi) is 8.57. The van der Waals surface area contributed by atoms with Gasteiger partial charge in [-0.3, -0.25) is 14.9 Å². The van der Waals surface area contributed by atoms with Crippen LogP contribution in [0.4, 0.5) is 10.6 Å². The van der Waals surface area contributed by atoms with Crippen LogP contribution in [0.25, 0.3) is 0 Å². The van der Waals surface area contributed by atoms with Crippen LogP contribution in [-0.2, 0) is 25.5 Å². The maximum Gasteiger partial charge on any atom is 0.413 e. The zero-order chi connectivity index (χ0) is 19.7. The Bertz CT molecular complexity index is 625. The van der Waals surface area contributed by atoms with Gasteiger partial charge in [-0.2, -0.15) is 0 Å². The first-order valence-electron chi connectivity index (χ1n) is 8.35. The van der Waals surface area contributed by atoms with Crippen molar-refractivity contribution in [3.05, 3.63) is 23.9 Å². The molecule has 26 heavy (non-hydrogen) atoms.